The third-order valence-electron chi connectivity index (χ3n) is 4.25. The minimum Gasteiger partial charge on any atom is -0.348 e. The van der Waals surface area contributed by atoms with E-state index in [-0.39, 0.29) is 5.91 Å². The van der Waals surface area contributed by atoms with Gasteiger partial charge in [0.1, 0.15) is 0 Å². The molecule has 116 valence electrons. The summed E-state index contributed by atoms with van der Waals surface area (Å²) < 4.78 is 5.28. The fraction of sp³-hybridized carbons (Fsp3) is 0.294. The second-order valence-corrected chi connectivity index (χ2v) is 5.75. The van der Waals surface area contributed by atoms with Crippen molar-refractivity contribution in [3.8, 4) is 0 Å². The van der Waals surface area contributed by atoms with Crippen LogP contribution in [0.1, 0.15) is 39.3 Å². The summed E-state index contributed by atoms with van der Waals surface area (Å²) in [5.74, 6) is -0.0985. The molecule has 0 saturated heterocycles. The Morgan fingerprint density at radius 3 is 2.96 bits per heavy atom. The summed E-state index contributed by atoms with van der Waals surface area (Å²) in [6.45, 7) is 2.30. The fourth-order valence-electron chi connectivity index (χ4n) is 3.14. The van der Waals surface area contributed by atoms with E-state index in [9.17, 15) is 4.79 Å². The van der Waals surface area contributed by atoms with Crippen molar-refractivity contribution >= 4 is 17.0 Å². The summed E-state index contributed by atoms with van der Waals surface area (Å²) in [5.41, 5.74) is 4.85. The van der Waals surface area contributed by atoms with Crippen LogP contribution in [0.15, 0.2) is 29.0 Å². The molecule has 0 unspecified atom stereocenters. The van der Waals surface area contributed by atoms with Crippen molar-refractivity contribution in [3.05, 3.63) is 52.6 Å². The SMILES string of the molecule is Cc1noc2nc3c(c(C(=O)NCc4ccncc4)c12)CCC3. The zero-order chi connectivity index (χ0) is 15.8. The van der Waals surface area contributed by atoms with Crippen LogP contribution in [-0.2, 0) is 19.4 Å². The van der Waals surface area contributed by atoms with Crippen LogP contribution >= 0.6 is 0 Å². The third kappa shape index (κ3) is 2.36. The van der Waals surface area contributed by atoms with Crippen LogP contribution in [0.3, 0.4) is 0 Å². The number of hydrogen-bond donors (Lipinski definition) is 1. The van der Waals surface area contributed by atoms with E-state index >= 15 is 0 Å². The first kappa shape index (κ1) is 13.9. The van der Waals surface area contributed by atoms with E-state index in [1.54, 1.807) is 12.4 Å². The number of fused-ring (bicyclic) bond motifs is 2. The molecular formula is C17H16N4O2. The van der Waals surface area contributed by atoms with E-state index in [1.807, 2.05) is 19.1 Å². The summed E-state index contributed by atoms with van der Waals surface area (Å²) in [6.07, 6.45) is 6.21. The molecule has 3 aromatic heterocycles. The van der Waals surface area contributed by atoms with Crippen LogP contribution in [-0.4, -0.2) is 21.0 Å². The number of nitrogens with zero attached hydrogens (tertiary/aromatic N) is 3. The molecule has 0 radical (unpaired) electrons. The van der Waals surface area contributed by atoms with Gasteiger partial charge in [0.2, 0.25) is 0 Å². The number of hydrogen-bond acceptors (Lipinski definition) is 5. The van der Waals surface area contributed by atoms with Gasteiger partial charge in [-0.3, -0.25) is 9.78 Å². The van der Waals surface area contributed by atoms with Crippen molar-refractivity contribution in [3.63, 3.8) is 0 Å². The highest BCUT2D eigenvalue weighted by molar-refractivity contribution is 6.07. The number of amides is 1. The van der Waals surface area contributed by atoms with Gasteiger partial charge in [0.05, 0.1) is 16.6 Å². The van der Waals surface area contributed by atoms with Gasteiger partial charge in [-0.15, -0.1) is 0 Å². The monoisotopic (exact) mass is 308 g/mol. The molecule has 0 spiro atoms. The fourth-order valence-corrected chi connectivity index (χ4v) is 3.14. The Morgan fingerprint density at radius 1 is 1.30 bits per heavy atom. The van der Waals surface area contributed by atoms with Gasteiger partial charge < -0.3 is 9.84 Å². The largest absolute Gasteiger partial charge is 0.348 e. The lowest BCUT2D eigenvalue weighted by Crippen LogP contribution is -2.24. The molecule has 4 rings (SSSR count). The van der Waals surface area contributed by atoms with Gasteiger partial charge in [0.25, 0.3) is 11.6 Å². The molecule has 0 atom stereocenters. The maximum Gasteiger partial charge on any atom is 0.259 e. The van der Waals surface area contributed by atoms with Crippen LogP contribution in [0.2, 0.25) is 0 Å². The Balaban J connectivity index is 1.72. The van der Waals surface area contributed by atoms with Gasteiger partial charge in [-0.2, -0.15) is 0 Å². The van der Waals surface area contributed by atoms with Crippen LogP contribution in [0.4, 0.5) is 0 Å². The zero-order valence-corrected chi connectivity index (χ0v) is 12.8. The molecule has 0 bridgehead atoms. The Morgan fingerprint density at radius 2 is 2.13 bits per heavy atom. The van der Waals surface area contributed by atoms with Gasteiger partial charge in [-0.1, -0.05) is 5.16 Å². The first-order valence-corrected chi connectivity index (χ1v) is 7.69. The highest BCUT2D eigenvalue weighted by atomic mass is 16.5. The van der Waals surface area contributed by atoms with Crippen molar-refractivity contribution in [2.45, 2.75) is 32.7 Å². The minimum absolute atomic E-state index is 0.0985. The predicted octanol–water partition coefficient (Wildman–Crippen LogP) is 2.34. The topological polar surface area (TPSA) is 80.9 Å². The second-order valence-electron chi connectivity index (χ2n) is 5.75. The molecule has 1 aliphatic carbocycles. The third-order valence-corrected chi connectivity index (χ3v) is 4.25. The summed E-state index contributed by atoms with van der Waals surface area (Å²) in [7, 11) is 0. The van der Waals surface area contributed by atoms with Gasteiger partial charge in [-0.25, -0.2) is 4.98 Å². The average Bonchev–Trinajstić information content (AvgIpc) is 3.18. The highest BCUT2D eigenvalue weighted by Gasteiger charge is 2.26. The summed E-state index contributed by atoms with van der Waals surface area (Å²) >= 11 is 0. The molecule has 6 heteroatoms. The summed E-state index contributed by atoms with van der Waals surface area (Å²) in [4.78, 5) is 21.3. The number of nitrogens with one attached hydrogen (secondary N) is 1. The first-order valence-electron chi connectivity index (χ1n) is 7.69. The number of carbonyl (C=O) groups excluding carboxylic acids is 1. The smallest absolute Gasteiger partial charge is 0.259 e. The number of pyridine rings is 2. The predicted molar refractivity (Wildman–Crippen MR) is 84.0 cm³/mol. The molecule has 0 saturated carbocycles. The molecule has 0 fully saturated rings. The molecule has 23 heavy (non-hydrogen) atoms. The van der Waals surface area contributed by atoms with Gasteiger partial charge in [0.15, 0.2) is 0 Å². The molecule has 6 nitrogen and oxygen atoms in total. The molecule has 3 aromatic rings. The van der Waals surface area contributed by atoms with E-state index in [2.05, 4.69) is 20.4 Å². The standard InChI is InChI=1S/C17H16N4O2/c1-10-14-15(16(22)19-9-11-5-7-18-8-6-11)12-3-2-4-13(12)20-17(14)23-21-10/h5-8H,2-4,9H2,1H3,(H,19,22). The van der Waals surface area contributed by atoms with Crippen LogP contribution in [0, 0.1) is 6.92 Å². The Labute approximate surface area is 132 Å². The number of aryl methyl sites for hydroxylation is 2. The van der Waals surface area contributed by atoms with Crippen molar-refractivity contribution in [1.82, 2.24) is 20.4 Å². The molecule has 1 amide bonds. The summed E-state index contributed by atoms with van der Waals surface area (Å²) in [5, 5.41) is 7.70. The Hall–Kier alpha value is -2.76. The van der Waals surface area contributed by atoms with E-state index in [1.165, 1.54) is 0 Å². The van der Waals surface area contributed by atoms with Crippen molar-refractivity contribution in [2.24, 2.45) is 0 Å². The molecular weight excluding hydrogens is 292 g/mol. The molecule has 3 heterocycles. The maximum absolute atomic E-state index is 12.8. The quantitative estimate of drug-likeness (QED) is 0.803. The lowest BCUT2D eigenvalue weighted by Gasteiger charge is -2.10. The highest BCUT2D eigenvalue weighted by Crippen LogP contribution is 2.31. The second kappa shape index (κ2) is 5.46. The summed E-state index contributed by atoms with van der Waals surface area (Å²) in [6, 6.07) is 3.77. The number of rotatable bonds is 3. The number of carbonyl (C=O) groups is 1. The van der Waals surface area contributed by atoms with E-state index in [0.717, 1.165) is 41.5 Å². The van der Waals surface area contributed by atoms with Gasteiger partial charge >= 0.3 is 0 Å². The Bertz CT molecular complexity index is 886. The minimum atomic E-state index is -0.0985. The van der Waals surface area contributed by atoms with Gasteiger partial charge in [0, 0.05) is 24.6 Å². The van der Waals surface area contributed by atoms with Crippen molar-refractivity contribution < 1.29 is 9.32 Å². The maximum atomic E-state index is 12.8. The van der Waals surface area contributed by atoms with Crippen molar-refractivity contribution in [1.29, 1.82) is 0 Å². The molecule has 1 aliphatic rings. The molecule has 1 N–H and O–H groups in total. The first-order chi connectivity index (χ1) is 11.2. The van der Waals surface area contributed by atoms with E-state index < -0.39 is 0 Å². The van der Waals surface area contributed by atoms with Crippen molar-refractivity contribution in [2.75, 3.05) is 0 Å². The average molecular weight is 308 g/mol. The number of aromatic nitrogens is 3. The molecule has 0 aliphatic heterocycles. The lowest BCUT2D eigenvalue weighted by molar-refractivity contribution is 0.0951. The normalized spacial score (nSPS) is 13.3. The van der Waals surface area contributed by atoms with Crippen LogP contribution in [0.5, 0.6) is 0 Å². The Kier molecular flexibility index (Phi) is 3.29. The van der Waals surface area contributed by atoms with Gasteiger partial charge in [-0.05, 0) is 49.4 Å². The molecule has 0 aromatic carbocycles. The zero-order valence-electron chi connectivity index (χ0n) is 12.8. The van der Waals surface area contributed by atoms with E-state index in [0.29, 0.717) is 23.5 Å². The lowest BCUT2D eigenvalue weighted by atomic mass is 10.0. The van der Waals surface area contributed by atoms with Crippen LogP contribution < -0.4 is 5.32 Å². The van der Waals surface area contributed by atoms with Crippen LogP contribution in [0.25, 0.3) is 11.1 Å². The van der Waals surface area contributed by atoms with E-state index in [4.69, 9.17) is 4.52 Å².